The molecule has 0 N–H and O–H groups in total. The lowest BCUT2D eigenvalue weighted by Gasteiger charge is -2.02. The molecule has 0 spiro atoms. The molecule has 0 unspecified atom stereocenters. The normalized spacial score (nSPS) is 10.6. The second kappa shape index (κ2) is 4.04. The molecule has 0 saturated carbocycles. The number of hydrogen-bond donors (Lipinski definition) is 0. The van der Waals surface area contributed by atoms with E-state index in [0.717, 1.165) is 11.0 Å². The summed E-state index contributed by atoms with van der Waals surface area (Å²) in [5.41, 5.74) is 1.57. The fourth-order valence-electron chi connectivity index (χ4n) is 1.15. The van der Waals surface area contributed by atoms with Crippen molar-refractivity contribution in [3.63, 3.8) is 0 Å². The van der Waals surface area contributed by atoms with E-state index in [1.165, 1.54) is 4.85 Å². The van der Waals surface area contributed by atoms with Gasteiger partial charge in [0.15, 0.2) is 0 Å². The van der Waals surface area contributed by atoms with Crippen LogP contribution in [0.5, 0.6) is 0 Å². The van der Waals surface area contributed by atoms with Crippen molar-refractivity contribution in [3.05, 3.63) is 24.3 Å². The highest BCUT2D eigenvalue weighted by atomic mass is 19.1. The SMILES string of the molecule is FCCCOn1nnc2ccccc21. The lowest BCUT2D eigenvalue weighted by molar-refractivity contribution is 0.0822. The van der Waals surface area contributed by atoms with E-state index < -0.39 is 0 Å². The summed E-state index contributed by atoms with van der Waals surface area (Å²) < 4.78 is 11.8. The number of benzene rings is 1. The molecule has 2 rings (SSSR count). The van der Waals surface area contributed by atoms with Gasteiger partial charge >= 0.3 is 0 Å². The zero-order valence-corrected chi connectivity index (χ0v) is 7.56. The minimum Gasteiger partial charge on any atom is -0.395 e. The van der Waals surface area contributed by atoms with Crippen LogP contribution in [-0.2, 0) is 0 Å². The second-order valence-corrected chi connectivity index (χ2v) is 2.83. The topological polar surface area (TPSA) is 39.9 Å². The first kappa shape index (κ1) is 8.93. The van der Waals surface area contributed by atoms with Gasteiger partial charge in [-0.15, -0.1) is 5.10 Å². The summed E-state index contributed by atoms with van der Waals surface area (Å²) in [5.74, 6) is 0. The van der Waals surface area contributed by atoms with Crippen LogP contribution in [-0.4, -0.2) is 28.4 Å². The van der Waals surface area contributed by atoms with E-state index in [1.807, 2.05) is 24.3 Å². The van der Waals surface area contributed by atoms with Gasteiger partial charge in [0.1, 0.15) is 17.6 Å². The summed E-state index contributed by atoms with van der Waals surface area (Å²) in [6, 6.07) is 7.45. The molecule has 4 nitrogen and oxygen atoms in total. The maximum atomic E-state index is 11.8. The third-order valence-electron chi connectivity index (χ3n) is 1.81. The Morgan fingerprint density at radius 1 is 1.36 bits per heavy atom. The van der Waals surface area contributed by atoms with Gasteiger partial charge in [-0.2, -0.15) is 0 Å². The molecule has 0 atom stereocenters. The van der Waals surface area contributed by atoms with Gasteiger partial charge in [0, 0.05) is 6.42 Å². The molecule has 0 aliphatic heterocycles. The zero-order chi connectivity index (χ0) is 9.80. The van der Waals surface area contributed by atoms with E-state index in [2.05, 4.69) is 10.3 Å². The van der Waals surface area contributed by atoms with Crippen LogP contribution in [0.4, 0.5) is 4.39 Å². The molecular weight excluding hydrogens is 185 g/mol. The highest BCUT2D eigenvalue weighted by Gasteiger charge is 2.02. The Hall–Kier alpha value is -1.65. The van der Waals surface area contributed by atoms with Crippen molar-refractivity contribution in [1.82, 2.24) is 15.2 Å². The zero-order valence-electron chi connectivity index (χ0n) is 7.56. The maximum absolute atomic E-state index is 11.8. The Bertz CT molecular complexity index is 415. The number of hydrogen-bond acceptors (Lipinski definition) is 3. The molecule has 1 aromatic heterocycles. The number of fused-ring (bicyclic) bond motifs is 1. The maximum Gasteiger partial charge on any atom is 0.130 e. The van der Waals surface area contributed by atoms with Gasteiger partial charge in [-0.3, -0.25) is 4.39 Å². The van der Waals surface area contributed by atoms with E-state index in [1.54, 1.807) is 0 Å². The highest BCUT2D eigenvalue weighted by molar-refractivity contribution is 5.73. The molecular formula is C9H10FN3O. The minimum atomic E-state index is -0.382. The summed E-state index contributed by atoms with van der Waals surface area (Å²) in [6.45, 7) is -0.0729. The largest absolute Gasteiger partial charge is 0.395 e. The molecule has 0 aliphatic carbocycles. The van der Waals surface area contributed by atoms with Crippen molar-refractivity contribution in [2.45, 2.75) is 6.42 Å². The van der Waals surface area contributed by atoms with Gasteiger partial charge < -0.3 is 4.84 Å². The first-order valence-electron chi connectivity index (χ1n) is 4.41. The van der Waals surface area contributed by atoms with E-state index >= 15 is 0 Å². The predicted molar refractivity (Wildman–Crippen MR) is 49.6 cm³/mol. The van der Waals surface area contributed by atoms with Crippen LogP contribution in [0, 0.1) is 0 Å². The summed E-state index contributed by atoms with van der Waals surface area (Å²) in [5, 5.41) is 7.68. The van der Waals surface area contributed by atoms with Gasteiger partial charge in [0.25, 0.3) is 0 Å². The number of nitrogens with zero attached hydrogens (tertiary/aromatic N) is 3. The van der Waals surface area contributed by atoms with Crippen LogP contribution >= 0.6 is 0 Å². The van der Waals surface area contributed by atoms with Crippen LogP contribution in [0.2, 0.25) is 0 Å². The predicted octanol–water partition coefficient (Wildman–Crippen LogP) is 1.22. The lowest BCUT2D eigenvalue weighted by Crippen LogP contribution is -2.14. The average molecular weight is 195 g/mol. The van der Waals surface area contributed by atoms with Crippen molar-refractivity contribution in [3.8, 4) is 0 Å². The molecule has 0 amide bonds. The quantitative estimate of drug-likeness (QED) is 0.688. The lowest BCUT2D eigenvalue weighted by atomic mass is 10.3. The summed E-state index contributed by atoms with van der Waals surface area (Å²) in [6.07, 6.45) is 0.369. The first-order chi connectivity index (χ1) is 6.92. The summed E-state index contributed by atoms with van der Waals surface area (Å²) in [7, 11) is 0. The van der Waals surface area contributed by atoms with Gasteiger partial charge in [0.2, 0.25) is 0 Å². The Morgan fingerprint density at radius 2 is 2.21 bits per heavy atom. The van der Waals surface area contributed by atoms with Gasteiger partial charge in [-0.1, -0.05) is 17.0 Å². The van der Waals surface area contributed by atoms with Crippen LogP contribution in [0.25, 0.3) is 11.0 Å². The van der Waals surface area contributed by atoms with Gasteiger partial charge in [-0.25, -0.2) is 0 Å². The van der Waals surface area contributed by atoms with Crippen molar-refractivity contribution < 1.29 is 9.23 Å². The number of aromatic nitrogens is 3. The van der Waals surface area contributed by atoms with E-state index in [9.17, 15) is 4.39 Å². The van der Waals surface area contributed by atoms with E-state index in [0.29, 0.717) is 13.0 Å². The highest BCUT2D eigenvalue weighted by Crippen LogP contribution is 2.07. The number of halogens is 1. The molecule has 2 aromatic rings. The minimum absolute atomic E-state index is 0.309. The third kappa shape index (κ3) is 1.66. The van der Waals surface area contributed by atoms with Crippen molar-refractivity contribution >= 4 is 11.0 Å². The van der Waals surface area contributed by atoms with Crippen molar-refractivity contribution in [2.24, 2.45) is 0 Å². The van der Waals surface area contributed by atoms with E-state index in [4.69, 9.17) is 4.84 Å². The van der Waals surface area contributed by atoms with Gasteiger partial charge in [0.05, 0.1) is 6.67 Å². The molecule has 0 radical (unpaired) electrons. The number of para-hydroxylation sites is 1. The fourth-order valence-corrected chi connectivity index (χ4v) is 1.15. The monoisotopic (exact) mass is 195 g/mol. The Labute approximate surface area is 80.2 Å². The average Bonchev–Trinajstić information content (AvgIpc) is 2.63. The standard InChI is InChI=1S/C9H10FN3O/c10-6-3-7-14-13-9-5-2-1-4-8(9)11-12-13/h1-2,4-5H,3,6-7H2. The van der Waals surface area contributed by atoms with Crippen LogP contribution in [0.15, 0.2) is 24.3 Å². The first-order valence-corrected chi connectivity index (χ1v) is 4.41. The molecule has 0 fully saturated rings. The van der Waals surface area contributed by atoms with Crippen molar-refractivity contribution in [2.75, 3.05) is 13.3 Å². The van der Waals surface area contributed by atoms with Crippen molar-refractivity contribution in [1.29, 1.82) is 0 Å². The van der Waals surface area contributed by atoms with Gasteiger partial charge in [-0.05, 0) is 17.3 Å². The van der Waals surface area contributed by atoms with Crippen LogP contribution < -0.4 is 4.84 Å². The molecule has 1 heterocycles. The van der Waals surface area contributed by atoms with E-state index in [-0.39, 0.29) is 6.67 Å². The number of rotatable bonds is 4. The molecule has 0 saturated heterocycles. The second-order valence-electron chi connectivity index (χ2n) is 2.83. The fraction of sp³-hybridized carbons (Fsp3) is 0.333. The Balaban J connectivity index is 2.17. The summed E-state index contributed by atoms with van der Waals surface area (Å²) in [4.78, 5) is 6.53. The smallest absolute Gasteiger partial charge is 0.130 e. The summed E-state index contributed by atoms with van der Waals surface area (Å²) >= 11 is 0. The van der Waals surface area contributed by atoms with Crippen LogP contribution in [0.1, 0.15) is 6.42 Å². The van der Waals surface area contributed by atoms with Crippen LogP contribution in [0.3, 0.4) is 0 Å². The third-order valence-corrected chi connectivity index (χ3v) is 1.81. The Kier molecular flexibility index (Phi) is 2.58. The Morgan fingerprint density at radius 3 is 3.07 bits per heavy atom. The molecule has 0 bridgehead atoms. The molecule has 5 heteroatoms. The number of alkyl halides is 1. The molecule has 74 valence electrons. The molecule has 0 aliphatic rings. The molecule has 14 heavy (non-hydrogen) atoms. The molecule has 1 aromatic carbocycles.